The number of furan rings is 1. The van der Waals surface area contributed by atoms with Crippen molar-refractivity contribution in [2.24, 2.45) is 5.73 Å². The second kappa shape index (κ2) is 3.08. The van der Waals surface area contributed by atoms with Gasteiger partial charge in [0.05, 0.1) is 30.5 Å². The molecule has 0 aromatic carbocycles. The Bertz CT molecular complexity index is 273. The molecule has 0 saturated heterocycles. The van der Waals surface area contributed by atoms with Gasteiger partial charge in [0.15, 0.2) is 0 Å². The van der Waals surface area contributed by atoms with Crippen LogP contribution in [0.3, 0.4) is 0 Å². The topological polar surface area (TPSA) is 89.0 Å². The maximum Gasteiger partial charge on any atom is 0.144 e. The average molecular weight is 151 g/mol. The zero-order valence-corrected chi connectivity index (χ0v) is 5.95. The minimum atomic E-state index is -0.407. The highest BCUT2D eigenvalue weighted by molar-refractivity contribution is 5.42. The SMILES string of the molecule is N#CC[C@H](N)c1occc1N. The van der Waals surface area contributed by atoms with Crippen molar-refractivity contribution in [2.45, 2.75) is 12.5 Å². The van der Waals surface area contributed by atoms with Crippen molar-refractivity contribution in [2.75, 3.05) is 5.73 Å². The molecule has 1 atom stereocenters. The summed E-state index contributed by atoms with van der Waals surface area (Å²) in [5.41, 5.74) is 11.6. The summed E-state index contributed by atoms with van der Waals surface area (Å²) in [6.07, 6.45) is 1.68. The van der Waals surface area contributed by atoms with Crippen LogP contribution in [-0.4, -0.2) is 0 Å². The Morgan fingerprint density at radius 3 is 2.91 bits per heavy atom. The number of nitrogen functional groups attached to an aromatic ring is 1. The van der Waals surface area contributed by atoms with E-state index in [4.69, 9.17) is 21.1 Å². The second-order valence-electron chi connectivity index (χ2n) is 2.21. The van der Waals surface area contributed by atoms with Gasteiger partial charge >= 0.3 is 0 Å². The zero-order chi connectivity index (χ0) is 8.27. The average Bonchev–Trinajstić information content (AvgIpc) is 2.36. The first-order valence-electron chi connectivity index (χ1n) is 3.21. The Morgan fingerprint density at radius 1 is 1.73 bits per heavy atom. The Labute approximate surface area is 64.4 Å². The van der Waals surface area contributed by atoms with Crippen LogP contribution in [0.5, 0.6) is 0 Å². The fourth-order valence-corrected chi connectivity index (χ4v) is 0.823. The van der Waals surface area contributed by atoms with Crippen LogP contribution in [0.25, 0.3) is 0 Å². The number of hydrogen-bond donors (Lipinski definition) is 2. The standard InChI is InChI=1S/C7H9N3O/c8-3-1-5(9)7-6(10)2-4-11-7/h2,4-5H,1,9-10H2/t5-/m0/s1. The van der Waals surface area contributed by atoms with E-state index < -0.39 is 6.04 Å². The summed E-state index contributed by atoms with van der Waals surface area (Å²) in [6, 6.07) is 3.15. The Morgan fingerprint density at radius 2 is 2.45 bits per heavy atom. The predicted molar refractivity (Wildman–Crippen MR) is 40.3 cm³/mol. The van der Waals surface area contributed by atoms with Crippen molar-refractivity contribution in [1.29, 1.82) is 5.26 Å². The first-order chi connectivity index (χ1) is 5.25. The summed E-state index contributed by atoms with van der Waals surface area (Å²) < 4.78 is 4.98. The molecular weight excluding hydrogens is 142 g/mol. The Hall–Kier alpha value is -1.47. The van der Waals surface area contributed by atoms with Gasteiger partial charge in [0.1, 0.15) is 5.76 Å². The van der Waals surface area contributed by atoms with Gasteiger partial charge in [-0.25, -0.2) is 0 Å². The third-order valence-corrected chi connectivity index (χ3v) is 1.38. The molecule has 0 amide bonds. The number of hydrogen-bond acceptors (Lipinski definition) is 4. The molecule has 0 unspecified atom stereocenters. The molecule has 1 aromatic rings. The van der Waals surface area contributed by atoms with Crippen LogP contribution in [0.1, 0.15) is 18.2 Å². The van der Waals surface area contributed by atoms with Crippen molar-refractivity contribution in [3.05, 3.63) is 18.1 Å². The third-order valence-electron chi connectivity index (χ3n) is 1.38. The lowest BCUT2D eigenvalue weighted by Crippen LogP contribution is -2.09. The van der Waals surface area contributed by atoms with Crippen LogP contribution in [0.2, 0.25) is 0 Å². The summed E-state index contributed by atoms with van der Waals surface area (Å²) in [7, 11) is 0. The van der Waals surface area contributed by atoms with Crippen LogP contribution >= 0.6 is 0 Å². The van der Waals surface area contributed by atoms with Crippen molar-refractivity contribution in [3.8, 4) is 6.07 Å². The van der Waals surface area contributed by atoms with Gasteiger partial charge in [-0.1, -0.05) is 0 Å². The molecule has 58 valence electrons. The first kappa shape index (κ1) is 7.63. The molecule has 0 saturated carbocycles. The normalized spacial score (nSPS) is 12.4. The molecule has 0 aliphatic heterocycles. The van der Waals surface area contributed by atoms with Gasteiger partial charge in [-0.05, 0) is 6.07 Å². The summed E-state index contributed by atoms with van der Waals surface area (Å²) in [6.45, 7) is 0. The van der Waals surface area contributed by atoms with E-state index in [0.29, 0.717) is 11.4 Å². The molecule has 4 heteroatoms. The molecule has 1 aromatic heterocycles. The highest BCUT2D eigenvalue weighted by Crippen LogP contribution is 2.21. The molecule has 1 heterocycles. The number of nitrogens with two attached hydrogens (primary N) is 2. The minimum Gasteiger partial charge on any atom is -0.465 e. The quantitative estimate of drug-likeness (QED) is 0.653. The monoisotopic (exact) mass is 151 g/mol. The number of rotatable bonds is 2. The molecule has 11 heavy (non-hydrogen) atoms. The molecule has 1 rings (SSSR count). The second-order valence-corrected chi connectivity index (χ2v) is 2.21. The molecule has 0 bridgehead atoms. The van der Waals surface area contributed by atoms with E-state index in [-0.39, 0.29) is 6.42 Å². The van der Waals surface area contributed by atoms with E-state index in [1.165, 1.54) is 6.26 Å². The van der Waals surface area contributed by atoms with Crippen molar-refractivity contribution in [3.63, 3.8) is 0 Å². The van der Waals surface area contributed by atoms with Crippen LogP contribution in [0.15, 0.2) is 16.7 Å². The molecule has 0 aliphatic rings. The summed E-state index contributed by atoms with van der Waals surface area (Å²) in [5, 5.41) is 8.31. The van der Waals surface area contributed by atoms with Crippen LogP contribution in [0.4, 0.5) is 5.69 Å². The van der Waals surface area contributed by atoms with Gasteiger partial charge < -0.3 is 15.9 Å². The highest BCUT2D eigenvalue weighted by atomic mass is 16.3. The van der Waals surface area contributed by atoms with Gasteiger partial charge in [0.25, 0.3) is 0 Å². The third kappa shape index (κ3) is 1.51. The fourth-order valence-electron chi connectivity index (χ4n) is 0.823. The van der Waals surface area contributed by atoms with Crippen molar-refractivity contribution >= 4 is 5.69 Å². The smallest absolute Gasteiger partial charge is 0.144 e. The lowest BCUT2D eigenvalue weighted by molar-refractivity contribution is 0.471. The Kier molecular flexibility index (Phi) is 2.14. The lowest BCUT2D eigenvalue weighted by atomic mass is 10.2. The van der Waals surface area contributed by atoms with Crippen molar-refractivity contribution < 1.29 is 4.42 Å². The maximum atomic E-state index is 8.31. The highest BCUT2D eigenvalue weighted by Gasteiger charge is 2.11. The van der Waals surface area contributed by atoms with Gasteiger partial charge in [-0.15, -0.1) is 0 Å². The van der Waals surface area contributed by atoms with Crippen LogP contribution in [0, 0.1) is 11.3 Å². The van der Waals surface area contributed by atoms with Gasteiger partial charge in [-0.2, -0.15) is 5.26 Å². The number of nitrogens with zero attached hydrogens (tertiary/aromatic N) is 1. The molecule has 4 N–H and O–H groups in total. The molecule has 0 radical (unpaired) electrons. The zero-order valence-electron chi connectivity index (χ0n) is 5.95. The van der Waals surface area contributed by atoms with E-state index in [1.807, 2.05) is 6.07 Å². The van der Waals surface area contributed by atoms with E-state index >= 15 is 0 Å². The van der Waals surface area contributed by atoms with Gasteiger partial charge in [-0.3, -0.25) is 0 Å². The largest absolute Gasteiger partial charge is 0.465 e. The molecule has 0 aliphatic carbocycles. The van der Waals surface area contributed by atoms with E-state index in [9.17, 15) is 0 Å². The molecule has 0 fully saturated rings. The summed E-state index contributed by atoms with van der Waals surface area (Å²) in [5.74, 6) is 0.492. The predicted octanol–water partition coefficient (Wildman–Crippen LogP) is 0.775. The van der Waals surface area contributed by atoms with Crippen LogP contribution in [-0.2, 0) is 0 Å². The van der Waals surface area contributed by atoms with Gasteiger partial charge in [0, 0.05) is 0 Å². The van der Waals surface area contributed by atoms with E-state index in [2.05, 4.69) is 0 Å². The summed E-state index contributed by atoms with van der Waals surface area (Å²) >= 11 is 0. The first-order valence-corrected chi connectivity index (χ1v) is 3.21. The van der Waals surface area contributed by atoms with E-state index in [0.717, 1.165) is 0 Å². The van der Waals surface area contributed by atoms with E-state index in [1.54, 1.807) is 6.07 Å². The van der Waals surface area contributed by atoms with Crippen molar-refractivity contribution in [1.82, 2.24) is 0 Å². The van der Waals surface area contributed by atoms with Crippen LogP contribution < -0.4 is 11.5 Å². The molecular formula is C7H9N3O. The number of nitriles is 1. The molecule has 0 spiro atoms. The minimum absolute atomic E-state index is 0.220. The number of anilines is 1. The fraction of sp³-hybridized carbons (Fsp3) is 0.286. The van der Waals surface area contributed by atoms with Gasteiger partial charge in [0.2, 0.25) is 0 Å². The molecule has 4 nitrogen and oxygen atoms in total. The Balaban J connectivity index is 2.77. The summed E-state index contributed by atoms with van der Waals surface area (Å²) in [4.78, 5) is 0. The lowest BCUT2D eigenvalue weighted by Gasteiger charge is -2.03. The maximum absolute atomic E-state index is 8.31.